The molecule has 2 aromatic carbocycles. The third-order valence-corrected chi connectivity index (χ3v) is 4.45. The minimum Gasteiger partial charge on any atom is -0.397 e. The molecule has 0 aliphatic carbocycles. The molecule has 0 radical (unpaired) electrons. The second kappa shape index (κ2) is 7.30. The Bertz CT molecular complexity index is 800. The van der Waals surface area contributed by atoms with E-state index in [1.807, 2.05) is 37.4 Å². The van der Waals surface area contributed by atoms with E-state index >= 15 is 0 Å². The average molecular weight is 336 g/mol. The van der Waals surface area contributed by atoms with E-state index in [-0.39, 0.29) is 5.91 Å². The molecule has 1 aliphatic heterocycles. The van der Waals surface area contributed by atoms with E-state index in [1.54, 1.807) is 0 Å². The van der Waals surface area contributed by atoms with E-state index in [9.17, 15) is 4.79 Å². The number of amides is 1. The minimum atomic E-state index is -0.0641. The van der Waals surface area contributed by atoms with Crippen molar-refractivity contribution in [2.75, 3.05) is 42.2 Å². The zero-order valence-electron chi connectivity index (χ0n) is 14.7. The fourth-order valence-corrected chi connectivity index (χ4v) is 3.16. The zero-order valence-corrected chi connectivity index (χ0v) is 14.7. The molecule has 5 nitrogen and oxygen atoms in total. The van der Waals surface area contributed by atoms with E-state index in [0.717, 1.165) is 12.2 Å². The lowest BCUT2D eigenvalue weighted by molar-refractivity contribution is 0.0958. The Morgan fingerprint density at radius 1 is 1.24 bits per heavy atom. The molecule has 2 aromatic rings. The number of hydrogen-bond donors (Lipinski definition) is 2. The van der Waals surface area contributed by atoms with Gasteiger partial charge in [-0.25, -0.2) is 0 Å². The fourth-order valence-electron chi connectivity index (χ4n) is 3.16. The zero-order chi connectivity index (χ0) is 17.8. The van der Waals surface area contributed by atoms with Crippen molar-refractivity contribution in [2.45, 2.75) is 6.92 Å². The van der Waals surface area contributed by atoms with Crippen molar-refractivity contribution in [1.29, 1.82) is 0 Å². The first-order valence-corrected chi connectivity index (χ1v) is 8.44. The van der Waals surface area contributed by atoms with Gasteiger partial charge >= 0.3 is 0 Å². The minimum absolute atomic E-state index is 0.0641. The Morgan fingerprint density at radius 3 is 2.84 bits per heavy atom. The van der Waals surface area contributed by atoms with E-state index in [0.29, 0.717) is 24.3 Å². The van der Waals surface area contributed by atoms with Crippen LogP contribution in [-0.4, -0.2) is 32.6 Å². The Morgan fingerprint density at radius 2 is 2.04 bits per heavy atom. The third kappa shape index (κ3) is 3.60. The summed E-state index contributed by atoms with van der Waals surface area (Å²) in [5.41, 5.74) is 10.6. The SMILES string of the molecule is Cc1ccccc1N(C)/C=C/CN1CCNC(=O)c2cccc(N)c21. The first kappa shape index (κ1) is 16.9. The summed E-state index contributed by atoms with van der Waals surface area (Å²) in [7, 11) is 2.04. The smallest absolute Gasteiger partial charge is 0.253 e. The van der Waals surface area contributed by atoms with E-state index in [2.05, 4.69) is 46.4 Å². The summed E-state index contributed by atoms with van der Waals surface area (Å²) in [4.78, 5) is 16.4. The number of nitrogens with one attached hydrogen (secondary N) is 1. The molecular weight excluding hydrogens is 312 g/mol. The second-order valence-electron chi connectivity index (χ2n) is 6.23. The van der Waals surface area contributed by atoms with E-state index < -0.39 is 0 Å². The molecule has 0 unspecified atom stereocenters. The maximum absolute atomic E-state index is 12.2. The molecule has 1 amide bonds. The maximum Gasteiger partial charge on any atom is 0.253 e. The van der Waals surface area contributed by atoms with Crippen LogP contribution in [0.15, 0.2) is 54.7 Å². The van der Waals surface area contributed by atoms with Crippen LogP contribution in [0.3, 0.4) is 0 Å². The molecule has 130 valence electrons. The van der Waals surface area contributed by atoms with Crippen LogP contribution in [0.2, 0.25) is 0 Å². The fraction of sp³-hybridized carbons (Fsp3) is 0.250. The topological polar surface area (TPSA) is 61.6 Å². The molecule has 1 aliphatic rings. The number of benzene rings is 2. The Hall–Kier alpha value is -2.95. The van der Waals surface area contributed by atoms with Crippen molar-refractivity contribution in [3.05, 3.63) is 65.9 Å². The molecule has 0 aromatic heterocycles. The number of rotatable bonds is 4. The van der Waals surface area contributed by atoms with Gasteiger partial charge in [0.05, 0.1) is 16.9 Å². The summed E-state index contributed by atoms with van der Waals surface area (Å²) in [6.07, 6.45) is 4.15. The molecule has 3 N–H and O–H groups in total. The highest BCUT2D eigenvalue weighted by Gasteiger charge is 2.21. The highest BCUT2D eigenvalue weighted by atomic mass is 16.1. The van der Waals surface area contributed by atoms with Crippen molar-refractivity contribution in [3.63, 3.8) is 0 Å². The van der Waals surface area contributed by atoms with Gasteiger partial charge in [-0.15, -0.1) is 0 Å². The monoisotopic (exact) mass is 336 g/mol. The van der Waals surface area contributed by atoms with Crippen LogP contribution in [-0.2, 0) is 0 Å². The molecule has 3 rings (SSSR count). The normalized spacial score (nSPS) is 14.2. The number of anilines is 3. The van der Waals surface area contributed by atoms with Crippen LogP contribution in [0.1, 0.15) is 15.9 Å². The molecular formula is C20H24N4O. The van der Waals surface area contributed by atoms with Crippen LogP contribution in [0.5, 0.6) is 0 Å². The van der Waals surface area contributed by atoms with Crippen LogP contribution >= 0.6 is 0 Å². The second-order valence-corrected chi connectivity index (χ2v) is 6.23. The Labute approximate surface area is 148 Å². The summed E-state index contributed by atoms with van der Waals surface area (Å²) in [5, 5.41) is 2.92. The molecule has 0 bridgehead atoms. The molecule has 0 fully saturated rings. The highest BCUT2D eigenvalue weighted by Crippen LogP contribution is 2.29. The van der Waals surface area contributed by atoms with Gasteiger partial charge in [-0.1, -0.05) is 24.3 Å². The van der Waals surface area contributed by atoms with E-state index in [4.69, 9.17) is 5.73 Å². The van der Waals surface area contributed by atoms with Gasteiger partial charge in [-0.2, -0.15) is 0 Å². The van der Waals surface area contributed by atoms with Crippen molar-refractivity contribution < 1.29 is 4.79 Å². The summed E-state index contributed by atoms with van der Waals surface area (Å²) in [6.45, 7) is 4.12. The molecule has 0 saturated carbocycles. The number of hydrogen-bond acceptors (Lipinski definition) is 4. The van der Waals surface area contributed by atoms with Crippen molar-refractivity contribution in [2.24, 2.45) is 0 Å². The number of aryl methyl sites for hydroxylation is 1. The van der Waals surface area contributed by atoms with Crippen molar-refractivity contribution in [1.82, 2.24) is 5.32 Å². The number of nitrogens with two attached hydrogens (primary N) is 1. The predicted octanol–water partition coefficient (Wildman–Crippen LogP) is 2.78. The van der Waals surface area contributed by atoms with Crippen molar-refractivity contribution >= 4 is 23.0 Å². The number of para-hydroxylation sites is 2. The number of nitrogen functional groups attached to an aromatic ring is 1. The van der Waals surface area contributed by atoms with Crippen LogP contribution in [0.4, 0.5) is 17.1 Å². The summed E-state index contributed by atoms with van der Waals surface area (Å²) >= 11 is 0. The lowest BCUT2D eigenvalue weighted by Gasteiger charge is -2.24. The van der Waals surface area contributed by atoms with E-state index in [1.165, 1.54) is 11.3 Å². The van der Waals surface area contributed by atoms with Crippen LogP contribution in [0.25, 0.3) is 0 Å². The van der Waals surface area contributed by atoms with Crippen LogP contribution in [0, 0.1) is 6.92 Å². The molecule has 25 heavy (non-hydrogen) atoms. The molecule has 1 heterocycles. The van der Waals surface area contributed by atoms with Gasteiger partial charge in [-0.3, -0.25) is 4.79 Å². The number of carbonyl (C=O) groups excluding carboxylic acids is 1. The first-order chi connectivity index (χ1) is 12.1. The largest absolute Gasteiger partial charge is 0.397 e. The quantitative estimate of drug-likeness (QED) is 0.843. The standard InChI is InChI=1S/C20H24N4O/c1-15-7-3-4-10-18(15)23(2)12-6-13-24-14-11-22-20(25)16-8-5-9-17(21)19(16)24/h3-10,12H,11,13-14,21H2,1-2H3,(H,22,25)/b12-6+. The first-order valence-electron chi connectivity index (χ1n) is 8.44. The molecule has 5 heteroatoms. The van der Waals surface area contributed by atoms with Gasteiger partial charge in [0.1, 0.15) is 0 Å². The van der Waals surface area contributed by atoms with Gasteiger partial charge in [0.15, 0.2) is 0 Å². The maximum atomic E-state index is 12.2. The van der Waals surface area contributed by atoms with Gasteiger partial charge in [-0.05, 0) is 36.8 Å². The summed E-state index contributed by atoms with van der Waals surface area (Å²) in [5.74, 6) is -0.0641. The average Bonchev–Trinajstić information content (AvgIpc) is 2.76. The van der Waals surface area contributed by atoms with Gasteiger partial charge in [0.25, 0.3) is 5.91 Å². The third-order valence-electron chi connectivity index (χ3n) is 4.45. The van der Waals surface area contributed by atoms with Gasteiger partial charge in [0, 0.05) is 38.6 Å². The van der Waals surface area contributed by atoms with Crippen LogP contribution < -0.4 is 20.9 Å². The molecule has 0 atom stereocenters. The lowest BCUT2D eigenvalue weighted by atomic mass is 10.1. The number of nitrogens with zero attached hydrogens (tertiary/aromatic N) is 2. The van der Waals surface area contributed by atoms with Gasteiger partial charge < -0.3 is 20.9 Å². The molecule has 0 saturated heterocycles. The lowest BCUT2D eigenvalue weighted by Crippen LogP contribution is -2.30. The predicted molar refractivity (Wildman–Crippen MR) is 104 cm³/mol. The summed E-state index contributed by atoms with van der Waals surface area (Å²) in [6, 6.07) is 13.8. The number of carbonyl (C=O) groups is 1. The summed E-state index contributed by atoms with van der Waals surface area (Å²) < 4.78 is 0. The van der Waals surface area contributed by atoms with Crippen molar-refractivity contribution in [3.8, 4) is 0 Å². The Balaban J connectivity index is 1.78. The number of fused-ring (bicyclic) bond motifs is 1. The van der Waals surface area contributed by atoms with Gasteiger partial charge in [0.2, 0.25) is 0 Å². The Kier molecular flexibility index (Phi) is 4.93. The highest BCUT2D eigenvalue weighted by molar-refractivity contribution is 6.03. The molecule has 0 spiro atoms.